The number of rotatable bonds is 3. The highest BCUT2D eigenvalue weighted by Crippen LogP contribution is 2.39. The summed E-state index contributed by atoms with van der Waals surface area (Å²) in [5.41, 5.74) is 0.537. The Bertz CT molecular complexity index is 1090. The number of benzene rings is 2. The van der Waals surface area contributed by atoms with Gasteiger partial charge in [-0.1, -0.05) is 29.8 Å². The Morgan fingerprint density at radius 1 is 1.10 bits per heavy atom. The fourth-order valence-electron chi connectivity index (χ4n) is 3.85. The molecule has 2 aromatic carbocycles. The molecule has 0 bridgehead atoms. The minimum atomic E-state index is -4.64. The zero-order chi connectivity index (χ0) is 21.5. The minimum Gasteiger partial charge on any atom is -0.496 e. The number of ether oxygens (including phenoxy) is 1. The minimum absolute atomic E-state index is 0.0554. The molecule has 4 rings (SSSR count). The van der Waals surface area contributed by atoms with Gasteiger partial charge in [0.15, 0.2) is 0 Å². The number of carbonyl (C=O) groups is 1. The summed E-state index contributed by atoms with van der Waals surface area (Å²) in [4.78, 5) is 14.9. The van der Waals surface area contributed by atoms with Gasteiger partial charge in [-0.05, 0) is 42.0 Å². The number of halogens is 4. The standard InChI is InChI=1S/C22H18ClF3N2O2/c1-30-19-9-8-14(13-16(19)22(24,25)26)21(29)28-12-11-27-10-4-7-18(27)20(28)15-5-2-3-6-17(15)23/h2-10,13,20H,11-12H2,1H3/t20-/m0/s1. The van der Waals surface area contributed by atoms with Gasteiger partial charge < -0.3 is 14.2 Å². The number of amides is 1. The number of methoxy groups -OCH3 is 1. The number of nitrogens with zero attached hydrogens (tertiary/aromatic N) is 2. The van der Waals surface area contributed by atoms with Gasteiger partial charge in [-0.25, -0.2) is 0 Å². The molecule has 0 N–H and O–H groups in total. The van der Waals surface area contributed by atoms with Gasteiger partial charge in [-0.2, -0.15) is 13.2 Å². The van der Waals surface area contributed by atoms with E-state index in [1.807, 2.05) is 35.0 Å². The van der Waals surface area contributed by atoms with Crippen LogP contribution >= 0.6 is 11.6 Å². The molecule has 0 radical (unpaired) electrons. The van der Waals surface area contributed by atoms with Crippen molar-refractivity contribution in [3.63, 3.8) is 0 Å². The first-order valence-electron chi connectivity index (χ1n) is 9.27. The van der Waals surface area contributed by atoms with Crippen molar-refractivity contribution in [2.24, 2.45) is 0 Å². The molecule has 1 aromatic heterocycles. The third kappa shape index (κ3) is 3.54. The first kappa shape index (κ1) is 20.3. The van der Waals surface area contributed by atoms with E-state index in [9.17, 15) is 18.0 Å². The lowest BCUT2D eigenvalue weighted by molar-refractivity contribution is -0.138. The second-order valence-corrected chi connectivity index (χ2v) is 7.37. The predicted molar refractivity (Wildman–Crippen MR) is 107 cm³/mol. The lowest BCUT2D eigenvalue weighted by atomic mass is 9.98. The van der Waals surface area contributed by atoms with Crippen LogP contribution < -0.4 is 4.74 Å². The monoisotopic (exact) mass is 434 g/mol. The highest BCUT2D eigenvalue weighted by molar-refractivity contribution is 6.31. The van der Waals surface area contributed by atoms with E-state index in [0.717, 1.165) is 24.4 Å². The van der Waals surface area contributed by atoms with Crippen molar-refractivity contribution in [3.05, 3.63) is 88.2 Å². The van der Waals surface area contributed by atoms with Crippen LogP contribution in [0.15, 0.2) is 60.8 Å². The topological polar surface area (TPSA) is 34.5 Å². The second kappa shape index (κ2) is 7.72. The molecule has 30 heavy (non-hydrogen) atoms. The summed E-state index contributed by atoms with van der Waals surface area (Å²) in [6.45, 7) is 0.876. The van der Waals surface area contributed by atoms with Crippen LogP contribution in [0.25, 0.3) is 0 Å². The Morgan fingerprint density at radius 2 is 1.87 bits per heavy atom. The summed E-state index contributed by atoms with van der Waals surface area (Å²) >= 11 is 6.42. The van der Waals surface area contributed by atoms with Crippen LogP contribution in [0.5, 0.6) is 5.75 Å². The van der Waals surface area contributed by atoms with Crippen LogP contribution in [0.1, 0.15) is 33.2 Å². The molecule has 156 valence electrons. The molecule has 0 unspecified atom stereocenters. The van der Waals surface area contributed by atoms with E-state index in [0.29, 0.717) is 18.1 Å². The molecule has 1 amide bonds. The molecule has 0 saturated carbocycles. The number of carbonyl (C=O) groups excluding carboxylic acids is 1. The first-order valence-corrected chi connectivity index (χ1v) is 9.64. The van der Waals surface area contributed by atoms with Crippen molar-refractivity contribution in [1.82, 2.24) is 9.47 Å². The molecule has 1 aliphatic rings. The summed E-state index contributed by atoms with van der Waals surface area (Å²) in [7, 11) is 1.16. The van der Waals surface area contributed by atoms with Crippen molar-refractivity contribution in [2.45, 2.75) is 18.8 Å². The number of hydrogen-bond acceptors (Lipinski definition) is 2. The van der Waals surface area contributed by atoms with Gasteiger partial charge in [0.2, 0.25) is 0 Å². The molecule has 0 spiro atoms. The Labute approximate surface area is 176 Å². The lowest BCUT2D eigenvalue weighted by Gasteiger charge is -2.38. The maximum Gasteiger partial charge on any atom is 0.419 e. The van der Waals surface area contributed by atoms with Crippen LogP contribution in [0.2, 0.25) is 5.02 Å². The van der Waals surface area contributed by atoms with E-state index in [-0.39, 0.29) is 11.3 Å². The lowest BCUT2D eigenvalue weighted by Crippen LogP contribution is -2.42. The number of alkyl halides is 3. The van der Waals surface area contributed by atoms with Gasteiger partial charge in [0.25, 0.3) is 5.91 Å². The Morgan fingerprint density at radius 3 is 2.57 bits per heavy atom. The molecule has 0 fully saturated rings. The molecule has 8 heteroatoms. The third-order valence-electron chi connectivity index (χ3n) is 5.25. The Hall–Kier alpha value is -2.93. The number of fused-ring (bicyclic) bond motifs is 1. The van der Waals surface area contributed by atoms with Crippen molar-refractivity contribution in [1.29, 1.82) is 0 Å². The predicted octanol–water partition coefficient (Wildman–Crippen LogP) is 5.41. The summed E-state index contributed by atoms with van der Waals surface area (Å²) in [6, 6.07) is 13.8. The number of hydrogen-bond donors (Lipinski definition) is 0. The van der Waals surface area contributed by atoms with Crippen LogP contribution in [0.3, 0.4) is 0 Å². The molecule has 1 atom stereocenters. The van der Waals surface area contributed by atoms with E-state index >= 15 is 0 Å². The fourth-order valence-corrected chi connectivity index (χ4v) is 4.09. The fraction of sp³-hybridized carbons (Fsp3) is 0.227. The zero-order valence-corrected chi connectivity index (χ0v) is 16.7. The molecule has 2 heterocycles. The van der Waals surface area contributed by atoms with Gasteiger partial charge in [0.1, 0.15) is 5.75 Å². The maximum absolute atomic E-state index is 13.4. The van der Waals surface area contributed by atoms with Gasteiger partial charge in [0, 0.05) is 35.6 Å². The normalized spacial score (nSPS) is 16.3. The molecule has 0 aliphatic carbocycles. The number of aromatic nitrogens is 1. The first-order chi connectivity index (χ1) is 14.3. The second-order valence-electron chi connectivity index (χ2n) is 6.96. The summed E-state index contributed by atoms with van der Waals surface area (Å²) in [5, 5.41) is 0.487. The van der Waals surface area contributed by atoms with Crippen LogP contribution in [-0.4, -0.2) is 29.0 Å². The Kier molecular flexibility index (Phi) is 5.24. The molecule has 0 saturated heterocycles. The van der Waals surface area contributed by atoms with Gasteiger partial charge in [-0.3, -0.25) is 4.79 Å². The van der Waals surface area contributed by atoms with Crippen molar-refractivity contribution in [2.75, 3.05) is 13.7 Å². The van der Waals surface area contributed by atoms with E-state index in [2.05, 4.69) is 0 Å². The molecule has 1 aliphatic heterocycles. The van der Waals surface area contributed by atoms with Gasteiger partial charge in [0.05, 0.1) is 18.7 Å². The quantitative estimate of drug-likeness (QED) is 0.552. The highest BCUT2D eigenvalue weighted by atomic mass is 35.5. The largest absolute Gasteiger partial charge is 0.496 e. The average Bonchev–Trinajstić information content (AvgIpc) is 3.21. The van der Waals surface area contributed by atoms with Gasteiger partial charge in [-0.15, -0.1) is 0 Å². The smallest absolute Gasteiger partial charge is 0.419 e. The summed E-state index contributed by atoms with van der Waals surface area (Å²) in [5.74, 6) is -0.824. The van der Waals surface area contributed by atoms with E-state index in [1.54, 1.807) is 17.0 Å². The van der Waals surface area contributed by atoms with Crippen molar-refractivity contribution >= 4 is 17.5 Å². The molecule has 4 nitrogen and oxygen atoms in total. The van der Waals surface area contributed by atoms with Crippen LogP contribution in [0, 0.1) is 0 Å². The molecule has 3 aromatic rings. The Balaban J connectivity index is 1.79. The van der Waals surface area contributed by atoms with Crippen LogP contribution in [0.4, 0.5) is 13.2 Å². The van der Waals surface area contributed by atoms with E-state index in [1.165, 1.54) is 12.1 Å². The average molecular weight is 435 g/mol. The van der Waals surface area contributed by atoms with Gasteiger partial charge >= 0.3 is 6.18 Å². The third-order valence-corrected chi connectivity index (χ3v) is 5.59. The summed E-state index contributed by atoms with van der Waals surface area (Å²) < 4.78 is 47.2. The van der Waals surface area contributed by atoms with Crippen molar-refractivity contribution < 1.29 is 22.7 Å². The summed E-state index contributed by atoms with van der Waals surface area (Å²) in [6.07, 6.45) is -2.73. The molecular weight excluding hydrogens is 417 g/mol. The molecular formula is C22H18ClF3N2O2. The van der Waals surface area contributed by atoms with Crippen molar-refractivity contribution in [3.8, 4) is 5.75 Å². The van der Waals surface area contributed by atoms with E-state index < -0.39 is 23.7 Å². The SMILES string of the molecule is COc1ccc(C(=O)N2CCn3cccc3[C@@H]2c2ccccc2Cl)cc1C(F)(F)F. The zero-order valence-electron chi connectivity index (χ0n) is 16.0. The highest BCUT2D eigenvalue weighted by Gasteiger charge is 2.37. The maximum atomic E-state index is 13.4. The van der Waals surface area contributed by atoms with E-state index in [4.69, 9.17) is 16.3 Å². The van der Waals surface area contributed by atoms with Crippen LogP contribution in [-0.2, 0) is 12.7 Å².